The van der Waals surface area contributed by atoms with Crippen molar-refractivity contribution in [3.63, 3.8) is 0 Å². The highest BCUT2D eigenvalue weighted by Gasteiger charge is 2.02. The molecule has 0 aromatic heterocycles. The van der Waals surface area contributed by atoms with Crippen molar-refractivity contribution in [2.45, 2.75) is 6.42 Å². The molecule has 0 aliphatic carbocycles. The minimum absolute atomic E-state index is 0.949. The summed E-state index contributed by atoms with van der Waals surface area (Å²) in [5.74, 6) is 0. The largest absolute Gasteiger partial charge is 0.0530 e. The van der Waals surface area contributed by atoms with Crippen LogP contribution in [0.25, 0.3) is 0 Å². The van der Waals surface area contributed by atoms with Crippen molar-refractivity contribution in [3.8, 4) is 0 Å². The predicted octanol–water partition coefficient (Wildman–Crippen LogP) is 3.10. The Hall–Kier alpha value is 0.790. The Morgan fingerprint density at radius 1 is 1.71 bits per heavy atom. The molecule has 39 valence electrons. The third-order valence-electron chi connectivity index (χ3n) is 0.606. The number of rotatable bonds is 1. The van der Waals surface area contributed by atoms with Crippen molar-refractivity contribution >= 4 is 31.4 Å². The Labute approximate surface area is 55.3 Å². The Morgan fingerprint density at radius 3 is 2.86 bits per heavy atom. The quantitative estimate of drug-likeness (QED) is 0.526. The molecule has 0 spiro atoms. The molecule has 0 N–H and O–H groups in total. The van der Waals surface area contributed by atoms with Gasteiger partial charge in [0, 0.05) is 4.91 Å². The van der Waals surface area contributed by atoms with Crippen LogP contribution in [-0.4, -0.2) is 0 Å². The molecular weight excluding hydrogens is 144 g/mol. The average molecular weight is 149 g/mol. The van der Waals surface area contributed by atoms with Gasteiger partial charge in [0.1, 0.15) is 0 Å². The maximum atomic E-state index is 3.75. The summed E-state index contributed by atoms with van der Waals surface area (Å²) in [6.07, 6.45) is 0.949. The van der Waals surface area contributed by atoms with E-state index in [1.165, 1.54) is 4.91 Å². The first-order chi connectivity index (χ1) is 3.43. The fraction of sp³-hybridized carbons (Fsp3) is 0.250. The molecule has 0 saturated carbocycles. The summed E-state index contributed by atoms with van der Waals surface area (Å²) < 4.78 is 0. The van der Waals surface area contributed by atoms with Gasteiger partial charge in [0.25, 0.3) is 0 Å². The van der Waals surface area contributed by atoms with Crippen LogP contribution >= 0.6 is 31.4 Å². The van der Waals surface area contributed by atoms with Gasteiger partial charge in [-0.2, -0.15) is 0 Å². The summed E-state index contributed by atoms with van der Waals surface area (Å²) in [6.45, 7) is 3.75. The van der Waals surface area contributed by atoms with Crippen molar-refractivity contribution < 1.29 is 0 Å². The molecule has 0 nitrogen and oxygen atoms in total. The van der Waals surface area contributed by atoms with Crippen LogP contribution in [0.4, 0.5) is 0 Å². The van der Waals surface area contributed by atoms with Crippen molar-refractivity contribution in [2.75, 3.05) is 0 Å². The smallest absolute Gasteiger partial charge is 0.00382 e. The van der Waals surface area contributed by atoms with E-state index in [0.717, 1.165) is 6.42 Å². The van der Waals surface area contributed by atoms with Crippen LogP contribution in [0.5, 0.6) is 0 Å². The second-order valence-corrected chi connectivity index (χ2v) is 5.05. The molecule has 0 aromatic carbocycles. The van der Waals surface area contributed by atoms with Crippen molar-refractivity contribution in [1.82, 2.24) is 0 Å². The molecular formula is C4H5S3. The molecule has 0 fully saturated rings. The normalized spacial score (nSPS) is 19.9. The molecule has 1 aliphatic heterocycles. The standard InChI is InChI=1S/C4H5S3/c1-2-4-3-5-7-6-4/h3H,1-2H2. The predicted molar refractivity (Wildman–Crippen MR) is 40.8 cm³/mol. The Morgan fingerprint density at radius 2 is 2.57 bits per heavy atom. The lowest BCUT2D eigenvalue weighted by molar-refractivity contribution is 1.38. The highest BCUT2D eigenvalue weighted by atomic mass is 33.5. The van der Waals surface area contributed by atoms with E-state index in [1.807, 2.05) is 20.6 Å². The molecule has 3 heteroatoms. The molecule has 7 heavy (non-hydrogen) atoms. The van der Waals surface area contributed by atoms with E-state index < -0.39 is 0 Å². The number of hydrogen-bond acceptors (Lipinski definition) is 3. The van der Waals surface area contributed by atoms with Crippen molar-refractivity contribution in [3.05, 3.63) is 17.2 Å². The highest BCUT2D eigenvalue weighted by Crippen LogP contribution is 2.49. The Kier molecular flexibility index (Phi) is 2.49. The first-order valence-corrected chi connectivity index (χ1v) is 5.46. The van der Waals surface area contributed by atoms with Gasteiger partial charge in [-0.3, -0.25) is 0 Å². The SMILES string of the molecule is [CH2]CC1=CSSS1. The zero-order valence-electron chi connectivity index (χ0n) is 3.72. The van der Waals surface area contributed by atoms with Gasteiger partial charge in [0.05, 0.1) is 0 Å². The van der Waals surface area contributed by atoms with Gasteiger partial charge in [-0.25, -0.2) is 0 Å². The van der Waals surface area contributed by atoms with Crippen LogP contribution < -0.4 is 0 Å². The first-order valence-electron chi connectivity index (χ1n) is 1.92. The summed E-state index contributed by atoms with van der Waals surface area (Å²) >= 11 is 0. The van der Waals surface area contributed by atoms with E-state index in [9.17, 15) is 0 Å². The first kappa shape index (κ1) is 5.92. The molecule has 0 amide bonds. The van der Waals surface area contributed by atoms with E-state index in [1.54, 1.807) is 10.8 Å². The Bertz CT molecular complexity index is 86.9. The minimum Gasteiger partial charge on any atom is -0.0530 e. The third kappa shape index (κ3) is 1.63. The van der Waals surface area contributed by atoms with Crippen molar-refractivity contribution in [1.29, 1.82) is 0 Å². The van der Waals surface area contributed by atoms with Crippen LogP contribution in [-0.2, 0) is 0 Å². The molecule has 1 heterocycles. The lowest BCUT2D eigenvalue weighted by Crippen LogP contribution is -1.59. The third-order valence-corrected chi connectivity index (χ3v) is 4.51. The van der Waals surface area contributed by atoms with Gasteiger partial charge in [0.15, 0.2) is 0 Å². The molecule has 0 atom stereocenters. The summed E-state index contributed by atoms with van der Waals surface area (Å²) in [7, 11) is 5.41. The minimum atomic E-state index is 0.949. The molecule has 0 unspecified atom stereocenters. The van der Waals surface area contributed by atoms with Gasteiger partial charge in [-0.05, 0) is 39.4 Å². The number of allylic oxidation sites excluding steroid dienone is 1. The zero-order chi connectivity index (χ0) is 5.11. The van der Waals surface area contributed by atoms with Gasteiger partial charge in [0.2, 0.25) is 0 Å². The van der Waals surface area contributed by atoms with Crippen LogP contribution in [0.1, 0.15) is 6.42 Å². The van der Waals surface area contributed by atoms with E-state index >= 15 is 0 Å². The summed E-state index contributed by atoms with van der Waals surface area (Å²) in [6, 6.07) is 0. The molecule has 1 aliphatic rings. The number of hydrogen-bond donors (Lipinski definition) is 0. The summed E-state index contributed by atoms with van der Waals surface area (Å²) in [5.41, 5.74) is 0. The summed E-state index contributed by atoms with van der Waals surface area (Å²) in [4.78, 5) is 1.40. The molecule has 1 radical (unpaired) electrons. The maximum Gasteiger partial charge on any atom is 0.00382 e. The van der Waals surface area contributed by atoms with E-state index in [-0.39, 0.29) is 0 Å². The maximum absolute atomic E-state index is 3.75. The van der Waals surface area contributed by atoms with Gasteiger partial charge in [-0.1, -0.05) is 10.8 Å². The molecule has 1 rings (SSSR count). The van der Waals surface area contributed by atoms with Gasteiger partial charge < -0.3 is 0 Å². The Balaban J connectivity index is 2.36. The average Bonchev–Trinajstić information content (AvgIpc) is 2.14. The molecule has 0 bridgehead atoms. The monoisotopic (exact) mass is 149 g/mol. The molecule has 0 saturated heterocycles. The zero-order valence-corrected chi connectivity index (χ0v) is 6.17. The lowest BCUT2D eigenvalue weighted by atomic mass is 10.5. The van der Waals surface area contributed by atoms with E-state index in [4.69, 9.17) is 0 Å². The van der Waals surface area contributed by atoms with Gasteiger partial charge >= 0.3 is 0 Å². The fourth-order valence-electron chi connectivity index (χ4n) is 0.257. The van der Waals surface area contributed by atoms with E-state index in [2.05, 4.69) is 12.3 Å². The highest BCUT2D eigenvalue weighted by molar-refractivity contribution is 9.11. The van der Waals surface area contributed by atoms with Crippen LogP contribution in [0, 0.1) is 6.92 Å². The second-order valence-electron chi connectivity index (χ2n) is 1.08. The fourth-order valence-corrected chi connectivity index (χ4v) is 4.16. The van der Waals surface area contributed by atoms with Gasteiger partial charge in [-0.15, -0.1) is 0 Å². The van der Waals surface area contributed by atoms with Crippen LogP contribution in [0.15, 0.2) is 10.3 Å². The summed E-state index contributed by atoms with van der Waals surface area (Å²) in [5, 5.41) is 2.16. The molecule has 0 aromatic rings. The van der Waals surface area contributed by atoms with Crippen molar-refractivity contribution in [2.24, 2.45) is 0 Å². The topological polar surface area (TPSA) is 0 Å². The van der Waals surface area contributed by atoms with E-state index in [0.29, 0.717) is 0 Å². The van der Waals surface area contributed by atoms with Crippen LogP contribution in [0.2, 0.25) is 0 Å². The lowest BCUT2D eigenvalue weighted by Gasteiger charge is -1.85. The second kappa shape index (κ2) is 2.95. The van der Waals surface area contributed by atoms with Crippen LogP contribution in [0.3, 0.4) is 0 Å².